The number of hydrogen-bond donors (Lipinski definition) is 1. The van der Waals surface area contributed by atoms with E-state index in [9.17, 15) is 4.79 Å². The van der Waals surface area contributed by atoms with Crippen LogP contribution < -0.4 is 10.1 Å². The maximum Gasteiger partial charge on any atom is 0.257 e. The first-order valence-electron chi connectivity index (χ1n) is 5.79. The molecule has 0 aromatic heterocycles. The van der Waals surface area contributed by atoms with Gasteiger partial charge in [0.15, 0.2) is 6.61 Å². The van der Waals surface area contributed by atoms with Gasteiger partial charge in [0.1, 0.15) is 5.75 Å². The van der Waals surface area contributed by atoms with Crippen LogP contribution in [0.5, 0.6) is 5.75 Å². The number of benzene rings is 1. The molecule has 0 saturated heterocycles. The molecule has 0 saturated carbocycles. The van der Waals surface area contributed by atoms with Crippen molar-refractivity contribution in [3.05, 3.63) is 28.2 Å². The topological polar surface area (TPSA) is 41.6 Å². The van der Waals surface area contributed by atoms with Crippen LogP contribution in [0.3, 0.4) is 0 Å². The van der Waals surface area contributed by atoms with Crippen molar-refractivity contribution in [2.45, 2.75) is 6.92 Å². The van der Waals surface area contributed by atoms with Gasteiger partial charge in [0.2, 0.25) is 0 Å². The quantitative estimate of drug-likeness (QED) is 0.870. The molecule has 0 aliphatic carbocycles. The number of rotatable bonds is 6. The Balaban J connectivity index is 2.33. The van der Waals surface area contributed by atoms with Gasteiger partial charge in [0, 0.05) is 17.6 Å². The molecule has 4 nitrogen and oxygen atoms in total. The van der Waals surface area contributed by atoms with E-state index < -0.39 is 0 Å². The van der Waals surface area contributed by atoms with Crippen molar-refractivity contribution >= 4 is 21.8 Å². The minimum Gasteiger partial charge on any atom is -0.484 e. The molecule has 1 N–H and O–H groups in total. The molecule has 1 rings (SSSR count). The smallest absolute Gasteiger partial charge is 0.257 e. The highest BCUT2D eigenvalue weighted by molar-refractivity contribution is 9.10. The highest BCUT2D eigenvalue weighted by atomic mass is 79.9. The average molecular weight is 315 g/mol. The zero-order valence-electron chi connectivity index (χ0n) is 11.0. The van der Waals surface area contributed by atoms with Crippen LogP contribution in [0.4, 0.5) is 0 Å². The normalized spacial score (nSPS) is 10.5. The van der Waals surface area contributed by atoms with Gasteiger partial charge in [-0.2, -0.15) is 0 Å². The molecular formula is C13H19BrN2O2. The number of amides is 1. The Morgan fingerprint density at radius 3 is 2.78 bits per heavy atom. The highest BCUT2D eigenvalue weighted by Gasteiger charge is 2.04. The molecule has 100 valence electrons. The third-order valence-electron chi connectivity index (χ3n) is 2.38. The summed E-state index contributed by atoms with van der Waals surface area (Å²) in [5.41, 5.74) is 1.01. The molecule has 0 heterocycles. The summed E-state index contributed by atoms with van der Waals surface area (Å²) in [5, 5.41) is 2.80. The SMILES string of the molecule is Cc1cc(Br)ccc1OCC(=O)NCCN(C)C. The molecule has 0 aliphatic heterocycles. The number of hydrogen-bond acceptors (Lipinski definition) is 3. The predicted octanol–water partition coefficient (Wildman–Crippen LogP) is 1.81. The molecule has 0 bridgehead atoms. The lowest BCUT2D eigenvalue weighted by atomic mass is 10.2. The predicted molar refractivity (Wildman–Crippen MR) is 75.9 cm³/mol. The van der Waals surface area contributed by atoms with Gasteiger partial charge in [-0.15, -0.1) is 0 Å². The Morgan fingerprint density at radius 1 is 1.44 bits per heavy atom. The van der Waals surface area contributed by atoms with Gasteiger partial charge in [-0.3, -0.25) is 4.79 Å². The van der Waals surface area contributed by atoms with Gasteiger partial charge < -0.3 is 15.0 Å². The second kappa shape index (κ2) is 7.38. The van der Waals surface area contributed by atoms with Gasteiger partial charge in [-0.1, -0.05) is 15.9 Å². The van der Waals surface area contributed by atoms with Crippen molar-refractivity contribution in [2.75, 3.05) is 33.8 Å². The first-order valence-corrected chi connectivity index (χ1v) is 6.58. The number of halogens is 1. The third kappa shape index (κ3) is 5.51. The fourth-order valence-electron chi connectivity index (χ4n) is 1.39. The molecule has 0 aliphatic rings. The van der Waals surface area contributed by atoms with Crippen molar-refractivity contribution in [1.29, 1.82) is 0 Å². The number of carbonyl (C=O) groups is 1. The van der Waals surface area contributed by atoms with E-state index >= 15 is 0 Å². The summed E-state index contributed by atoms with van der Waals surface area (Å²) < 4.78 is 6.47. The molecule has 0 fully saturated rings. The number of likely N-dealkylation sites (N-methyl/N-ethyl adjacent to an activating group) is 1. The zero-order chi connectivity index (χ0) is 13.5. The molecule has 5 heteroatoms. The van der Waals surface area contributed by atoms with Crippen LogP contribution in [0.2, 0.25) is 0 Å². The Kier molecular flexibility index (Phi) is 6.15. The summed E-state index contributed by atoms with van der Waals surface area (Å²) in [6, 6.07) is 5.71. The Labute approximate surface area is 116 Å². The first-order chi connectivity index (χ1) is 8.49. The van der Waals surface area contributed by atoms with Crippen LogP contribution in [-0.4, -0.2) is 44.6 Å². The van der Waals surface area contributed by atoms with Gasteiger partial charge in [-0.05, 0) is 44.8 Å². The van der Waals surface area contributed by atoms with E-state index in [4.69, 9.17) is 4.74 Å². The van der Waals surface area contributed by atoms with Crippen LogP contribution in [0.25, 0.3) is 0 Å². The van der Waals surface area contributed by atoms with Crippen molar-refractivity contribution in [3.63, 3.8) is 0 Å². The summed E-state index contributed by atoms with van der Waals surface area (Å²) in [4.78, 5) is 13.5. The van der Waals surface area contributed by atoms with E-state index in [1.165, 1.54) is 0 Å². The molecular weight excluding hydrogens is 296 g/mol. The third-order valence-corrected chi connectivity index (χ3v) is 2.87. The van der Waals surface area contributed by atoms with Gasteiger partial charge >= 0.3 is 0 Å². The van der Waals surface area contributed by atoms with Crippen LogP contribution >= 0.6 is 15.9 Å². The average Bonchev–Trinajstić information content (AvgIpc) is 2.27. The second-order valence-corrected chi connectivity index (χ2v) is 5.27. The summed E-state index contributed by atoms with van der Waals surface area (Å²) >= 11 is 3.38. The van der Waals surface area contributed by atoms with Gasteiger partial charge in [0.25, 0.3) is 5.91 Å². The molecule has 18 heavy (non-hydrogen) atoms. The summed E-state index contributed by atoms with van der Waals surface area (Å²) in [7, 11) is 3.93. The molecule has 1 aromatic rings. The van der Waals surface area contributed by atoms with E-state index in [1.54, 1.807) is 0 Å². The van der Waals surface area contributed by atoms with E-state index in [0.717, 1.165) is 22.3 Å². The summed E-state index contributed by atoms with van der Waals surface area (Å²) in [6.45, 7) is 3.46. The largest absolute Gasteiger partial charge is 0.484 e. The minimum absolute atomic E-state index is 0.0515. The monoisotopic (exact) mass is 314 g/mol. The molecule has 1 aromatic carbocycles. The van der Waals surface area contributed by atoms with Crippen LogP contribution in [0.15, 0.2) is 22.7 Å². The maximum atomic E-state index is 11.5. The van der Waals surface area contributed by atoms with E-state index in [1.807, 2.05) is 44.1 Å². The molecule has 0 atom stereocenters. The van der Waals surface area contributed by atoms with Crippen LogP contribution in [0.1, 0.15) is 5.56 Å². The Hall–Kier alpha value is -1.07. The maximum absolute atomic E-state index is 11.5. The van der Waals surface area contributed by atoms with E-state index in [2.05, 4.69) is 21.2 Å². The molecule has 0 spiro atoms. The fourth-order valence-corrected chi connectivity index (χ4v) is 1.86. The van der Waals surface area contributed by atoms with Crippen molar-refractivity contribution < 1.29 is 9.53 Å². The molecule has 0 radical (unpaired) electrons. The standard InChI is InChI=1S/C13H19BrN2O2/c1-10-8-11(14)4-5-12(10)18-9-13(17)15-6-7-16(2)3/h4-5,8H,6-7,9H2,1-3H3,(H,15,17). The van der Waals surface area contributed by atoms with Crippen molar-refractivity contribution in [1.82, 2.24) is 10.2 Å². The zero-order valence-corrected chi connectivity index (χ0v) is 12.6. The summed E-state index contributed by atoms with van der Waals surface area (Å²) in [5.74, 6) is 0.639. The Bertz CT molecular complexity index is 408. The van der Waals surface area contributed by atoms with Crippen LogP contribution in [-0.2, 0) is 4.79 Å². The minimum atomic E-state index is -0.0980. The number of nitrogens with zero attached hydrogens (tertiary/aromatic N) is 1. The molecule has 0 unspecified atom stereocenters. The van der Waals surface area contributed by atoms with Crippen LogP contribution in [0, 0.1) is 6.92 Å². The van der Waals surface area contributed by atoms with Gasteiger partial charge in [0.05, 0.1) is 0 Å². The lowest BCUT2D eigenvalue weighted by molar-refractivity contribution is -0.123. The number of ether oxygens (including phenoxy) is 1. The molecule has 1 amide bonds. The number of aryl methyl sites for hydroxylation is 1. The lowest BCUT2D eigenvalue weighted by Gasteiger charge is -2.12. The van der Waals surface area contributed by atoms with Crippen molar-refractivity contribution in [3.8, 4) is 5.75 Å². The lowest BCUT2D eigenvalue weighted by Crippen LogP contribution is -2.34. The fraction of sp³-hybridized carbons (Fsp3) is 0.462. The second-order valence-electron chi connectivity index (χ2n) is 4.35. The first kappa shape index (κ1) is 15.0. The van der Waals surface area contributed by atoms with Crippen molar-refractivity contribution in [2.24, 2.45) is 0 Å². The number of nitrogens with one attached hydrogen (secondary N) is 1. The Morgan fingerprint density at radius 2 is 2.17 bits per heavy atom. The van der Waals surface area contributed by atoms with E-state index in [0.29, 0.717) is 6.54 Å². The number of carbonyl (C=O) groups excluding carboxylic acids is 1. The highest BCUT2D eigenvalue weighted by Crippen LogP contribution is 2.21. The summed E-state index contributed by atoms with van der Waals surface area (Å²) in [6.07, 6.45) is 0. The van der Waals surface area contributed by atoms with E-state index in [-0.39, 0.29) is 12.5 Å². The van der Waals surface area contributed by atoms with Gasteiger partial charge in [-0.25, -0.2) is 0 Å².